The highest BCUT2D eigenvalue weighted by Crippen LogP contribution is 2.29. The highest BCUT2D eigenvalue weighted by atomic mass is 16.5. The first-order valence-corrected chi connectivity index (χ1v) is 5.64. The van der Waals surface area contributed by atoms with Crippen LogP contribution >= 0.6 is 0 Å². The SMILES string of the molecule is COc1cc(C)cc(C)c1NC(=O)CCCO. The Morgan fingerprint density at radius 1 is 1.41 bits per heavy atom. The average molecular weight is 237 g/mol. The maximum absolute atomic E-state index is 11.6. The lowest BCUT2D eigenvalue weighted by atomic mass is 10.1. The molecule has 0 radical (unpaired) electrons. The van der Waals surface area contributed by atoms with Crippen LogP contribution in [-0.2, 0) is 4.79 Å². The van der Waals surface area contributed by atoms with Crippen molar-refractivity contribution in [2.24, 2.45) is 0 Å². The molecule has 2 N–H and O–H groups in total. The fourth-order valence-corrected chi connectivity index (χ4v) is 1.69. The number of hydrogen-bond acceptors (Lipinski definition) is 3. The number of rotatable bonds is 5. The van der Waals surface area contributed by atoms with Gasteiger partial charge in [-0.05, 0) is 37.5 Å². The van der Waals surface area contributed by atoms with E-state index in [1.54, 1.807) is 7.11 Å². The van der Waals surface area contributed by atoms with E-state index in [0.717, 1.165) is 11.1 Å². The molecule has 0 spiro atoms. The van der Waals surface area contributed by atoms with Crippen LogP contribution in [0.5, 0.6) is 5.75 Å². The fourth-order valence-electron chi connectivity index (χ4n) is 1.69. The topological polar surface area (TPSA) is 58.6 Å². The minimum absolute atomic E-state index is 0.0252. The first-order valence-electron chi connectivity index (χ1n) is 5.64. The third-order valence-corrected chi connectivity index (χ3v) is 2.49. The Morgan fingerprint density at radius 3 is 2.71 bits per heavy atom. The van der Waals surface area contributed by atoms with Crippen molar-refractivity contribution in [2.75, 3.05) is 19.0 Å². The first-order chi connectivity index (χ1) is 8.08. The molecule has 0 unspecified atom stereocenters. The lowest BCUT2D eigenvalue weighted by molar-refractivity contribution is -0.116. The van der Waals surface area contributed by atoms with Crippen LogP contribution in [-0.4, -0.2) is 24.7 Å². The van der Waals surface area contributed by atoms with Gasteiger partial charge in [0.2, 0.25) is 5.91 Å². The number of hydrogen-bond donors (Lipinski definition) is 2. The minimum Gasteiger partial charge on any atom is -0.495 e. The van der Waals surface area contributed by atoms with Crippen LogP contribution in [0.25, 0.3) is 0 Å². The molecule has 0 aliphatic heterocycles. The number of carbonyl (C=O) groups excluding carboxylic acids is 1. The number of nitrogens with one attached hydrogen (secondary N) is 1. The number of methoxy groups -OCH3 is 1. The van der Waals surface area contributed by atoms with Gasteiger partial charge in [-0.1, -0.05) is 6.07 Å². The molecule has 1 rings (SSSR count). The first kappa shape index (κ1) is 13.5. The van der Waals surface area contributed by atoms with Crippen molar-refractivity contribution in [2.45, 2.75) is 26.7 Å². The Labute approximate surface area is 102 Å². The number of anilines is 1. The molecular weight excluding hydrogens is 218 g/mol. The standard InChI is InChI=1S/C13H19NO3/c1-9-7-10(2)13(11(8-9)17-3)14-12(16)5-4-6-15/h7-8,15H,4-6H2,1-3H3,(H,14,16). The summed E-state index contributed by atoms with van der Waals surface area (Å²) in [5.41, 5.74) is 2.77. The van der Waals surface area contributed by atoms with Crippen LogP contribution in [0, 0.1) is 13.8 Å². The van der Waals surface area contributed by atoms with E-state index in [0.29, 0.717) is 24.3 Å². The number of aryl methyl sites for hydroxylation is 2. The van der Waals surface area contributed by atoms with Gasteiger partial charge in [-0.2, -0.15) is 0 Å². The second-order valence-electron chi connectivity index (χ2n) is 4.03. The molecular formula is C13H19NO3. The van der Waals surface area contributed by atoms with E-state index < -0.39 is 0 Å². The van der Waals surface area contributed by atoms with Gasteiger partial charge in [0.05, 0.1) is 12.8 Å². The van der Waals surface area contributed by atoms with Crippen LogP contribution in [0.4, 0.5) is 5.69 Å². The van der Waals surface area contributed by atoms with Crippen LogP contribution < -0.4 is 10.1 Å². The van der Waals surface area contributed by atoms with Crippen molar-refractivity contribution < 1.29 is 14.6 Å². The zero-order valence-electron chi connectivity index (χ0n) is 10.5. The van der Waals surface area contributed by atoms with E-state index in [-0.39, 0.29) is 12.5 Å². The van der Waals surface area contributed by atoms with Gasteiger partial charge in [0.25, 0.3) is 0 Å². The maximum atomic E-state index is 11.6. The molecule has 0 heterocycles. The van der Waals surface area contributed by atoms with Gasteiger partial charge < -0.3 is 15.2 Å². The summed E-state index contributed by atoms with van der Waals surface area (Å²) in [4.78, 5) is 11.6. The van der Waals surface area contributed by atoms with Crippen LogP contribution in [0.3, 0.4) is 0 Å². The van der Waals surface area contributed by atoms with E-state index in [1.165, 1.54) is 0 Å². The van der Waals surface area contributed by atoms with Gasteiger partial charge >= 0.3 is 0 Å². The second-order valence-corrected chi connectivity index (χ2v) is 4.03. The molecule has 0 saturated heterocycles. The molecule has 1 aromatic carbocycles. The third kappa shape index (κ3) is 3.75. The smallest absolute Gasteiger partial charge is 0.224 e. The predicted octanol–water partition coefficient (Wildman–Crippen LogP) is 2.02. The van der Waals surface area contributed by atoms with Gasteiger partial charge in [-0.3, -0.25) is 4.79 Å². The molecule has 1 amide bonds. The summed E-state index contributed by atoms with van der Waals surface area (Å²) in [6.07, 6.45) is 0.784. The van der Waals surface area contributed by atoms with Gasteiger partial charge in [0.15, 0.2) is 0 Å². The Bertz CT molecular complexity index is 402. The summed E-state index contributed by atoms with van der Waals surface area (Å²) < 4.78 is 5.25. The molecule has 1 aromatic rings. The van der Waals surface area contributed by atoms with E-state index in [9.17, 15) is 4.79 Å². The zero-order chi connectivity index (χ0) is 12.8. The average Bonchev–Trinajstić information content (AvgIpc) is 2.29. The normalized spacial score (nSPS) is 10.1. The van der Waals surface area contributed by atoms with Gasteiger partial charge in [-0.15, -0.1) is 0 Å². The number of amides is 1. The van der Waals surface area contributed by atoms with E-state index in [1.807, 2.05) is 26.0 Å². The highest BCUT2D eigenvalue weighted by Gasteiger charge is 2.10. The molecule has 0 atom stereocenters. The summed E-state index contributed by atoms with van der Waals surface area (Å²) in [6, 6.07) is 3.87. The summed E-state index contributed by atoms with van der Waals surface area (Å²) in [6.45, 7) is 3.93. The number of aliphatic hydroxyl groups is 1. The Kier molecular flexibility index (Phi) is 4.97. The van der Waals surface area contributed by atoms with Gasteiger partial charge in [-0.25, -0.2) is 0 Å². The van der Waals surface area contributed by atoms with Crippen molar-refractivity contribution in [3.8, 4) is 5.75 Å². The Hall–Kier alpha value is -1.55. The molecule has 0 bridgehead atoms. The Balaban J connectivity index is 2.86. The monoisotopic (exact) mass is 237 g/mol. The molecule has 94 valence electrons. The molecule has 17 heavy (non-hydrogen) atoms. The number of benzene rings is 1. The fraction of sp³-hybridized carbons (Fsp3) is 0.462. The van der Waals surface area contributed by atoms with Crippen molar-refractivity contribution in [3.63, 3.8) is 0 Å². The lowest BCUT2D eigenvalue weighted by Crippen LogP contribution is -2.13. The summed E-state index contributed by atoms with van der Waals surface area (Å²) in [5, 5.41) is 11.5. The largest absolute Gasteiger partial charge is 0.495 e. The predicted molar refractivity (Wildman–Crippen MR) is 67.4 cm³/mol. The molecule has 4 nitrogen and oxygen atoms in total. The van der Waals surface area contributed by atoms with E-state index in [2.05, 4.69) is 5.32 Å². The summed E-state index contributed by atoms with van der Waals surface area (Å²) >= 11 is 0. The minimum atomic E-state index is -0.107. The summed E-state index contributed by atoms with van der Waals surface area (Å²) in [5.74, 6) is 0.559. The van der Waals surface area contributed by atoms with Crippen molar-refractivity contribution >= 4 is 11.6 Å². The molecule has 0 aliphatic rings. The van der Waals surface area contributed by atoms with Crippen molar-refractivity contribution in [1.82, 2.24) is 0 Å². The molecule has 0 fully saturated rings. The number of carbonyl (C=O) groups is 1. The number of ether oxygens (including phenoxy) is 1. The highest BCUT2D eigenvalue weighted by molar-refractivity contribution is 5.93. The molecule has 0 saturated carbocycles. The maximum Gasteiger partial charge on any atom is 0.224 e. The third-order valence-electron chi connectivity index (χ3n) is 2.49. The van der Waals surface area contributed by atoms with Crippen LogP contribution in [0.15, 0.2) is 12.1 Å². The van der Waals surface area contributed by atoms with Crippen molar-refractivity contribution in [3.05, 3.63) is 23.3 Å². The van der Waals surface area contributed by atoms with Crippen molar-refractivity contribution in [1.29, 1.82) is 0 Å². The molecule has 0 aliphatic carbocycles. The van der Waals surface area contributed by atoms with Crippen LogP contribution in [0.2, 0.25) is 0 Å². The quantitative estimate of drug-likeness (QED) is 0.823. The van der Waals surface area contributed by atoms with Gasteiger partial charge in [0, 0.05) is 13.0 Å². The second kappa shape index (κ2) is 6.25. The van der Waals surface area contributed by atoms with E-state index in [4.69, 9.17) is 9.84 Å². The van der Waals surface area contributed by atoms with E-state index >= 15 is 0 Å². The van der Waals surface area contributed by atoms with Gasteiger partial charge in [0.1, 0.15) is 5.75 Å². The molecule has 0 aromatic heterocycles. The zero-order valence-corrected chi connectivity index (χ0v) is 10.5. The molecule has 4 heteroatoms. The Morgan fingerprint density at radius 2 is 2.12 bits per heavy atom. The summed E-state index contributed by atoms with van der Waals surface area (Å²) in [7, 11) is 1.58. The van der Waals surface area contributed by atoms with Crippen LogP contribution in [0.1, 0.15) is 24.0 Å². The lowest BCUT2D eigenvalue weighted by Gasteiger charge is -2.14. The number of aliphatic hydroxyl groups excluding tert-OH is 1.